The number of anilines is 1. The van der Waals surface area contributed by atoms with Gasteiger partial charge < -0.3 is 20.1 Å². The monoisotopic (exact) mass is 304 g/mol. The lowest BCUT2D eigenvalue weighted by atomic mass is 10.3. The van der Waals surface area contributed by atoms with Gasteiger partial charge in [0.15, 0.2) is 5.11 Å². The number of hydrogen-bond acceptors (Lipinski definition) is 5. The first kappa shape index (κ1) is 15.0. The van der Waals surface area contributed by atoms with E-state index in [9.17, 15) is 0 Å². The SMILES string of the molecule is CCNC(=S)Nc1nc(OC)cc(Oc2ccccc2)n1. The van der Waals surface area contributed by atoms with E-state index in [-0.39, 0.29) is 0 Å². The van der Waals surface area contributed by atoms with Crippen molar-refractivity contribution < 1.29 is 9.47 Å². The molecule has 0 saturated heterocycles. The third-order valence-corrected chi connectivity index (χ3v) is 2.66. The fourth-order valence-electron chi connectivity index (χ4n) is 1.53. The molecule has 0 fully saturated rings. The molecule has 1 aromatic carbocycles. The average molecular weight is 304 g/mol. The van der Waals surface area contributed by atoms with Crippen molar-refractivity contribution in [3.63, 3.8) is 0 Å². The summed E-state index contributed by atoms with van der Waals surface area (Å²) >= 11 is 5.10. The van der Waals surface area contributed by atoms with Crippen LogP contribution in [0.1, 0.15) is 6.92 Å². The maximum Gasteiger partial charge on any atom is 0.235 e. The molecule has 7 heteroatoms. The van der Waals surface area contributed by atoms with E-state index in [1.165, 1.54) is 7.11 Å². The smallest absolute Gasteiger partial charge is 0.235 e. The number of nitrogens with one attached hydrogen (secondary N) is 2. The minimum Gasteiger partial charge on any atom is -0.481 e. The summed E-state index contributed by atoms with van der Waals surface area (Å²) in [6.07, 6.45) is 0. The topological polar surface area (TPSA) is 68.3 Å². The number of hydrogen-bond donors (Lipinski definition) is 2. The molecule has 1 heterocycles. The first-order valence-electron chi connectivity index (χ1n) is 6.42. The first-order valence-corrected chi connectivity index (χ1v) is 6.83. The van der Waals surface area contributed by atoms with E-state index in [2.05, 4.69) is 20.6 Å². The summed E-state index contributed by atoms with van der Waals surface area (Å²) in [6.45, 7) is 2.66. The molecule has 21 heavy (non-hydrogen) atoms. The normalized spacial score (nSPS) is 9.81. The minimum atomic E-state index is 0.311. The predicted octanol–water partition coefficient (Wildman–Crippen LogP) is 2.58. The van der Waals surface area contributed by atoms with Gasteiger partial charge >= 0.3 is 0 Å². The van der Waals surface area contributed by atoms with Crippen molar-refractivity contribution in [1.29, 1.82) is 0 Å². The van der Waals surface area contributed by atoms with Gasteiger partial charge in [-0.3, -0.25) is 0 Å². The molecule has 0 spiro atoms. The zero-order valence-corrected chi connectivity index (χ0v) is 12.6. The van der Waals surface area contributed by atoms with E-state index in [1.807, 2.05) is 37.3 Å². The molecule has 0 aliphatic carbocycles. The van der Waals surface area contributed by atoms with Gasteiger partial charge in [-0.05, 0) is 31.3 Å². The van der Waals surface area contributed by atoms with Crippen LogP contribution in [0, 0.1) is 0 Å². The molecular weight excluding hydrogens is 288 g/mol. The molecule has 0 radical (unpaired) electrons. The molecule has 110 valence electrons. The van der Waals surface area contributed by atoms with Gasteiger partial charge in [0.2, 0.25) is 17.7 Å². The zero-order chi connectivity index (χ0) is 15.1. The Hall–Kier alpha value is -2.41. The average Bonchev–Trinajstić information content (AvgIpc) is 2.48. The van der Waals surface area contributed by atoms with E-state index < -0.39 is 0 Å². The third-order valence-electron chi connectivity index (χ3n) is 2.42. The Morgan fingerprint density at radius 2 is 1.90 bits per heavy atom. The maximum atomic E-state index is 5.67. The van der Waals surface area contributed by atoms with Crippen molar-refractivity contribution in [3.05, 3.63) is 36.4 Å². The van der Waals surface area contributed by atoms with Crippen LogP contribution >= 0.6 is 12.2 Å². The fourth-order valence-corrected chi connectivity index (χ4v) is 1.77. The molecule has 2 rings (SSSR count). The van der Waals surface area contributed by atoms with Gasteiger partial charge in [0.1, 0.15) is 5.75 Å². The van der Waals surface area contributed by atoms with Gasteiger partial charge in [-0.2, -0.15) is 9.97 Å². The number of para-hydroxylation sites is 1. The Morgan fingerprint density at radius 3 is 2.57 bits per heavy atom. The number of ether oxygens (including phenoxy) is 2. The summed E-state index contributed by atoms with van der Waals surface area (Å²) in [6, 6.07) is 11.0. The number of nitrogens with zero attached hydrogens (tertiary/aromatic N) is 2. The highest BCUT2D eigenvalue weighted by Crippen LogP contribution is 2.23. The van der Waals surface area contributed by atoms with E-state index in [1.54, 1.807) is 6.07 Å². The van der Waals surface area contributed by atoms with Crippen molar-refractivity contribution in [1.82, 2.24) is 15.3 Å². The fraction of sp³-hybridized carbons (Fsp3) is 0.214. The second-order valence-corrected chi connectivity index (χ2v) is 4.38. The Kier molecular flexibility index (Phi) is 5.28. The molecule has 0 saturated carbocycles. The highest BCUT2D eigenvalue weighted by Gasteiger charge is 2.08. The predicted molar refractivity (Wildman–Crippen MR) is 85.0 cm³/mol. The molecule has 6 nitrogen and oxygen atoms in total. The highest BCUT2D eigenvalue weighted by atomic mass is 32.1. The van der Waals surface area contributed by atoms with Gasteiger partial charge in [0, 0.05) is 6.54 Å². The molecule has 0 bridgehead atoms. The van der Waals surface area contributed by atoms with Crippen LogP contribution in [-0.4, -0.2) is 28.7 Å². The largest absolute Gasteiger partial charge is 0.481 e. The summed E-state index contributed by atoms with van der Waals surface area (Å²) < 4.78 is 10.8. The number of thiocarbonyl (C=S) groups is 1. The highest BCUT2D eigenvalue weighted by molar-refractivity contribution is 7.80. The molecule has 0 atom stereocenters. The van der Waals surface area contributed by atoms with Gasteiger partial charge in [-0.1, -0.05) is 18.2 Å². The second-order valence-electron chi connectivity index (χ2n) is 3.97. The van der Waals surface area contributed by atoms with Crippen LogP contribution < -0.4 is 20.1 Å². The Labute approximate surface area is 128 Å². The third kappa shape index (κ3) is 4.57. The lowest BCUT2D eigenvalue weighted by molar-refractivity contribution is 0.389. The van der Waals surface area contributed by atoms with Crippen molar-refractivity contribution in [2.45, 2.75) is 6.92 Å². The van der Waals surface area contributed by atoms with Crippen LogP contribution in [0.5, 0.6) is 17.5 Å². The number of benzene rings is 1. The summed E-state index contributed by atoms with van der Waals surface area (Å²) in [7, 11) is 1.53. The first-order chi connectivity index (χ1) is 10.2. The van der Waals surface area contributed by atoms with E-state index >= 15 is 0 Å². The van der Waals surface area contributed by atoms with Crippen LogP contribution in [-0.2, 0) is 0 Å². The second kappa shape index (κ2) is 7.39. The van der Waals surface area contributed by atoms with Crippen LogP contribution in [0.15, 0.2) is 36.4 Å². The summed E-state index contributed by atoms with van der Waals surface area (Å²) in [5, 5.41) is 6.28. The number of rotatable bonds is 5. The number of methoxy groups -OCH3 is 1. The maximum absolute atomic E-state index is 5.67. The molecular formula is C14H16N4O2S. The van der Waals surface area contributed by atoms with Gasteiger partial charge in [-0.15, -0.1) is 0 Å². The lowest BCUT2D eigenvalue weighted by Crippen LogP contribution is -2.28. The van der Waals surface area contributed by atoms with E-state index in [4.69, 9.17) is 21.7 Å². The van der Waals surface area contributed by atoms with E-state index in [0.717, 1.165) is 0 Å². The van der Waals surface area contributed by atoms with Gasteiger partial charge in [0.05, 0.1) is 13.2 Å². The van der Waals surface area contributed by atoms with Crippen molar-refractivity contribution in [2.24, 2.45) is 0 Å². The van der Waals surface area contributed by atoms with Gasteiger partial charge in [0.25, 0.3) is 0 Å². The number of aromatic nitrogens is 2. The molecule has 0 aliphatic heterocycles. The Morgan fingerprint density at radius 1 is 1.19 bits per heavy atom. The van der Waals surface area contributed by atoms with Crippen LogP contribution in [0.3, 0.4) is 0 Å². The van der Waals surface area contributed by atoms with Crippen LogP contribution in [0.4, 0.5) is 5.95 Å². The summed E-state index contributed by atoms with van der Waals surface area (Å²) in [5.41, 5.74) is 0. The minimum absolute atomic E-state index is 0.311. The lowest BCUT2D eigenvalue weighted by Gasteiger charge is -2.10. The van der Waals surface area contributed by atoms with Crippen molar-refractivity contribution in [3.8, 4) is 17.5 Å². The summed E-state index contributed by atoms with van der Waals surface area (Å²) in [4.78, 5) is 8.41. The van der Waals surface area contributed by atoms with E-state index in [0.29, 0.717) is 35.1 Å². The zero-order valence-electron chi connectivity index (χ0n) is 11.8. The Bertz CT molecular complexity index is 607. The van der Waals surface area contributed by atoms with Crippen LogP contribution in [0.25, 0.3) is 0 Å². The standard InChI is InChI=1S/C14H16N4O2S/c1-3-15-14(21)18-13-16-11(19-2)9-12(17-13)20-10-7-5-4-6-8-10/h4-9H,3H2,1-2H3,(H2,15,16,17,18,21). The molecule has 1 aromatic heterocycles. The molecule has 2 aromatic rings. The van der Waals surface area contributed by atoms with Crippen molar-refractivity contribution >= 4 is 23.3 Å². The quantitative estimate of drug-likeness (QED) is 0.823. The molecule has 2 N–H and O–H groups in total. The molecule has 0 aliphatic rings. The molecule has 0 amide bonds. The van der Waals surface area contributed by atoms with Crippen LogP contribution in [0.2, 0.25) is 0 Å². The molecule has 0 unspecified atom stereocenters. The summed E-state index contributed by atoms with van der Waals surface area (Å²) in [5.74, 6) is 1.75. The van der Waals surface area contributed by atoms with Gasteiger partial charge in [-0.25, -0.2) is 0 Å². The Balaban J connectivity index is 2.19. The van der Waals surface area contributed by atoms with Crippen molar-refractivity contribution in [2.75, 3.05) is 19.0 Å².